The third kappa shape index (κ3) is 2.82. The summed E-state index contributed by atoms with van der Waals surface area (Å²) >= 11 is 0. The highest BCUT2D eigenvalue weighted by Gasteiger charge is 2.17. The Balaban J connectivity index is 1.86. The van der Waals surface area contributed by atoms with E-state index in [2.05, 4.69) is 9.97 Å². The van der Waals surface area contributed by atoms with E-state index in [0.717, 1.165) is 27.9 Å². The maximum absolute atomic E-state index is 11.4. The molecule has 4 aromatic rings. The topological polar surface area (TPSA) is 82.2 Å². The molecule has 0 aliphatic heterocycles. The molecular weight excluding hydrogens is 332 g/mol. The number of para-hydroxylation sites is 4. The number of aromatic nitrogens is 4. The van der Waals surface area contributed by atoms with E-state index in [1.807, 2.05) is 53.1 Å². The van der Waals surface area contributed by atoms with Crippen LogP contribution in [0.5, 0.6) is 0 Å². The Labute approximate surface area is 149 Å². The molecule has 132 valence electrons. The van der Waals surface area contributed by atoms with Crippen LogP contribution in [0.2, 0.25) is 0 Å². The molecule has 0 atom stereocenters. The monoisotopic (exact) mass is 350 g/mol. The van der Waals surface area contributed by atoms with Crippen molar-refractivity contribution < 1.29 is 14.6 Å². The van der Waals surface area contributed by atoms with Crippen molar-refractivity contribution in [3.63, 3.8) is 0 Å². The van der Waals surface area contributed by atoms with Gasteiger partial charge in [0.2, 0.25) is 0 Å². The zero-order chi connectivity index (χ0) is 18.1. The standard InChI is InChI=1S/C19H18N4O3/c1-26-12-18-21-14-7-3-4-8-15(14)22(18)10-17-20-13-6-2-5-9-16(13)23(17)11-19(24)25/h2-9H,10-12H2,1H3,(H,24,25). The molecule has 0 aliphatic carbocycles. The number of nitrogens with zero attached hydrogens (tertiary/aromatic N) is 4. The van der Waals surface area contributed by atoms with Crippen LogP contribution in [-0.4, -0.2) is 37.3 Å². The summed E-state index contributed by atoms with van der Waals surface area (Å²) in [5.41, 5.74) is 3.43. The van der Waals surface area contributed by atoms with Crippen molar-refractivity contribution in [3.8, 4) is 0 Å². The van der Waals surface area contributed by atoms with Crippen LogP contribution in [0.15, 0.2) is 48.5 Å². The number of hydrogen-bond donors (Lipinski definition) is 1. The quantitative estimate of drug-likeness (QED) is 0.578. The number of benzene rings is 2. The molecule has 0 bridgehead atoms. The molecule has 4 rings (SSSR count). The minimum atomic E-state index is -0.901. The molecule has 0 amide bonds. The van der Waals surface area contributed by atoms with E-state index in [4.69, 9.17) is 4.74 Å². The lowest BCUT2D eigenvalue weighted by Gasteiger charge is -2.10. The predicted octanol–water partition coefficient (Wildman–Crippen LogP) is 2.67. The zero-order valence-corrected chi connectivity index (χ0v) is 14.3. The van der Waals surface area contributed by atoms with Crippen LogP contribution in [0.1, 0.15) is 11.6 Å². The van der Waals surface area contributed by atoms with Crippen molar-refractivity contribution in [2.24, 2.45) is 0 Å². The van der Waals surface area contributed by atoms with Crippen molar-refractivity contribution in [2.45, 2.75) is 19.7 Å². The molecule has 2 aromatic heterocycles. The first-order chi connectivity index (χ1) is 12.7. The van der Waals surface area contributed by atoms with E-state index in [9.17, 15) is 9.90 Å². The van der Waals surface area contributed by atoms with Crippen molar-refractivity contribution in [3.05, 3.63) is 60.2 Å². The summed E-state index contributed by atoms with van der Waals surface area (Å²) < 4.78 is 9.05. The fourth-order valence-electron chi connectivity index (χ4n) is 3.24. The van der Waals surface area contributed by atoms with Crippen LogP contribution in [0, 0.1) is 0 Å². The molecule has 0 aliphatic rings. The number of ether oxygens (including phenoxy) is 1. The number of carbonyl (C=O) groups is 1. The van der Waals surface area contributed by atoms with E-state index in [1.54, 1.807) is 11.7 Å². The second-order valence-electron chi connectivity index (χ2n) is 6.03. The molecule has 26 heavy (non-hydrogen) atoms. The number of fused-ring (bicyclic) bond motifs is 2. The van der Waals surface area contributed by atoms with Crippen LogP contribution in [0.3, 0.4) is 0 Å². The van der Waals surface area contributed by atoms with Gasteiger partial charge in [0.1, 0.15) is 24.8 Å². The molecule has 0 radical (unpaired) electrons. The van der Waals surface area contributed by atoms with Gasteiger partial charge in [-0.1, -0.05) is 24.3 Å². The molecule has 7 heteroatoms. The van der Waals surface area contributed by atoms with E-state index in [-0.39, 0.29) is 6.54 Å². The lowest BCUT2D eigenvalue weighted by atomic mass is 10.3. The summed E-state index contributed by atoms with van der Waals surface area (Å²) in [6.45, 7) is 0.650. The molecule has 0 fully saturated rings. The molecule has 7 nitrogen and oxygen atoms in total. The number of carboxylic acids is 1. The Kier molecular flexibility index (Phi) is 4.14. The van der Waals surface area contributed by atoms with Crippen molar-refractivity contribution >= 4 is 28.0 Å². The van der Waals surface area contributed by atoms with Gasteiger partial charge in [-0.25, -0.2) is 9.97 Å². The Hall–Kier alpha value is -3.19. The molecule has 1 N–H and O–H groups in total. The first-order valence-corrected chi connectivity index (χ1v) is 8.26. The highest BCUT2D eigenvalue weighted by molar-refractivity contribution is 5.79. The van der Waals surface area contributed by atoms with Crippen LogP contribution >= 0.6 is 0 Å². The Morgan fingerprint density at radius 2 is 1.54 bits per heavy atom. The molecule has 0 saturated carbocycles. The van der Waals surface area contributed by atoms with Crippen molar-refractivity contribution in [1.82, 2.24) is 19.1 Å². The predicted molar refractivity (Wildman–Crippen MR) is 96.9 cm³/mol. The number of carboxylic acid groups (broad SMARTS) is 1. The van der Waals surface area contributed by atoms with Crippen LogP contribution < -0.4 is 0 Å². The average molecular weight is 350 g/mol. The highest BCUT2D eigenvalue weighted by Crippen LogP contribution is 2.21. The summed E-state index contributed by atoms with van der Waals surface area (Å²) in [7, 11) is 1.63. The fraction of sp³-hybridized carbons (Fsp3) is 0.211. The maximum Gasteiger partial charge on any atom is 0.323 e. The minimum absolute atomic E-state index is 0.137. The summed E-state index contributed by atoms with van der Waals surface area (Å²) in [5, 5.41) is 9.32. The van der Waals surface area contributed by atoms with E-state index >= 15 is 0 Å². The molecule has 2 aromatic carbocycles. The molecule has 2 heterocycles. The second kappa shape index (κ2) is 6.61. The lowest BCUT2D eigenvalue weighted by Crippen LogP contribution is -2.15. The second-order valence-corrected chi connectivity index (χ2v) is 6.03. The van der Waals surface area contributed by atoms with E-state index < -0.39 is 5.97 Å². The number of methoxy groups -OCH3 is 1. The molecular formula is C19H18N4O3. The van der Waals surface area contributed by atoms with E-state index in [1.165, 1.54) is 0 Å². The van der Waals surface area contributed by atoms with Crippen molar-refractivity contribution in [2.75, 3.05) is 7.11 Å². The summed E-state index contributed by atoms with van der Waals surface area (Å²) in [5.74, 6) is 0.554. The Morgan fingerprint density at radius 3 is 2.15 bits per heavy atom. The van der Waals surface area contributed by atoms with Gasteiger partial charge in [0.05, 0.1) is 28.6 Å². The number of aliphatic carboxylic acids is 1. The van der Waals surface area contributed by atoms with Crippen LogP contribution in [0.4, 0.5) is 0 Å². The smallest absolute Gasteiger partial charge is 0.323 e. The SMILES string of the molecule is COCc1nc2ccccc2n1Cc1nc2ccccc2n1CC(=O)O. The Bertz CT molecular complexity index is 1100. The van der Waals surface area contributed by atoms with Gasteiger partial charge in [0, 0.05) is 7.11 Å². The summed E-state index contributed by atoms with van der Waals surface area (Å²) in [6, 6.07) is 15.4. The first-order valence-electron chi connectivity index (χ1n) is 8.26. The zero-order valence-electron chi connectivity index (χ0n) is 14.3. The molecule has 0 unspecified atom stereocenters. The minimum Gasteiger partial charge on any atom is -0.480 e. The number of hydrogen-bond acceptors (Lipinski definition) is 4. The van der Waals surface area contributed by atoms with Gasteiger partial charge < -0.3 is 19.0 Å². The summed E-state index contributed by atoms with van der Waals surface area (Å²) in [6.07, 6.45) is 0. The van der Waals surface area contributed by atoms with Crippen molar-refractivity contribution in [1.29, 1.82) is 0 Å². The third-order valence-corrected chi connectivity index (χ3v) is 4.33. The van der Waals surface area contributed by atoms with Gasteiger partial charge in [-0.15, -0.1) is 0 Å². The van der Waals surface area contributed by atoms with Crippen LogP contribution in [0.25, 0.3) is 22.1 Å². The largest absolute Gasteiger partial charge is 0.480 e. The average Bonchev–Trinajstić information content (AvgIpc) is 3.14. The van der Waals surface area contributed by atoms with Crippen LogP contribution in [-0.2, 0) is 29.2 Å². The number of rotatable bonds is 6. The van der Waals surface area contributed by atoms with Gasteiger partial charge in [0.15, 0.2) is 0 Å². The Morgan fingerprint density at radius 1 is 0.962 bits per heavy atom. The van der Waals surface area contributed by atoms with Gasteiger partial charge in [-0.3, -0.25) is 4.79 Å². The van der Waals surface area contributed by atoms with Gasteiger partial charge >= 0.3 is 5.97 Å². The maximum atomic E-state index is 11.4. The lowest BCUT2D eigenvalue weighted by molar-refractivity contribution is -0.137. The molecule has 0 saturated heterocycles. The van der Waals surface area contributed by atoms with E-state index in [0.29, 0.717) is 19.0 Å². The third-order valence-electron chi connectivity index (χ3n) is 4.33. The highest BCUT2D eigenvalue weighted by atomic mass is 16.5. The summed E-state index contributed by atoms with van der Waals surface area (Å²) in [4.78, 5) is 20.6. The number of imidazole rings is 2. The molecule has 0 spiro atoms. The van der Waals surface area contributed by atoms with Gasteiger partial charge in [-0.05, 0) is 24.3 Å². The fourth-order valence-corrected chi connectivity index (χ4v) is 3.24. The van der Waals surface area contributed by atoms with Gasteiger partial charge in [0.25, 0.3) is 0 Å². The first kappa shape index (κ1) is 16.3. The normalized spacial score (nSPS) is 11.4. The van der Waals surface area contributed by atoms with Gasteiger partial charge in [-0.2, -0.15) is 0 Å².